The van der Waals surface area contributed by atoms with E-state index in [4.69, 9.17) is 9.47 Å². The number of aliphatic imine (C=N–C) groups is 1. The summed E-state index contributed by atoms with van der Waals surface area (Å²) in [4.78, 5) is 4.33. The predicted octanol–water partition coefficient (Wildman–Crippen LogP) is 4.14. The van der Waals surface area contributed by atoms with Crippen molar-refractivity contribution in [2.75, 3.05) is 40.5 Å². The van der Waals surface area contributed by atoms with Gasteiger partial charge in [0.05, 0.1) is 6.10 Å². The summed E-state index contributed by atoms with van der Waals surface area (Å²) in [6, 6.07) is 10.3. The van der Waals surface area contributed by atoms with Gasteiger partial charge in [0.15, 0.2) is 5.96 Å². The number of hydrogen-bond acceptors (Lipinski definition) is 3. The second-order valence-electron chi connectivity index (χ2n) is 7.23. The third-order valence-corrected chi connectivity index (χ3v) is 5.36. The molecule has 0 bridgehead atoms. The molecular weight excluding hydrogens is 453 g/mol. The Hall–Kier alpha value is -0.860. The zero-order valence-corrected chi connectivity index (χ0v) is 19.3. The zero-order chi connectivity index (χ0) is 18.7. The van der Waals surface area contributed by atoms with E-state index in [9.17, 15) is 0 Å². The molecule has 0 aromatic heterocycles. The molecule has 5 nitrogen and oxygen atoms in total. The molecule has 0 radical (unpaired) electrons. The van der Waals surface area contributed by atoms with Gasteiger partial charge in [-0.25, -0.2) is 0 Å². The van der Waals surface area contributed by atoms with Gasteiger partial charge in [-0.05, 0) is 43.6 Å². The Morgan fingerprint density at radius 3 is 2.52 bits per heavy atom. The van der Waals surface area contributed by atoms with Gasteiger partial charge in [-0.2, -0.15) is 0 Å². The van der Waals surface area contributed by atoms with E-state index in [1.807, 2.05) is 25.2 Å². The number of halogens is 1. The van der Waals surface area contributed by atoms with E-state index < -0.39 is 0 Å². The molecule has 0 amide bonds. The highest BCUT2D eigenvalue weighted by Gasteiger charge is 2.36. The lowest BCUT2D eigenvalue weighted by molar-refractivity contribution is 0.0644. The van der Waals surface area contributed by atoms with Crippen LogP contribution < -0.4 is 10.6 Å². The number of benzene rings is 1. The van der Waals surface area contributed by atoms with Crippen LogP contribution in [0.25, 0.3) is 0 Å². The lowest BCUT2D eigenvalue weighted by Gasteiger charge is -2.42. The van der Waals surface area contributed by atoms with Crippen LogP contribution in [0.15, 0.2) is 35.3 Å². The van der Waals surface area contributed by atoms with Gasteiger partial charge >= 0.3 is 0 Å². The largest absolute Gasteiger partial charge is 0.385 e. The third kappa shape index (κ3) is 8.35. The molecule has 0 heterocycles. The SMILES string of the molecule is CN=C(NCCCOC(C)c1ccccc1)NCC1(CCOC)CCC1.I. The highest BCUT2D eigenvalue weighted by molar-refractivity contribution is 14.0. The highest BCUT2D eigenvalue weighted by Crippen LogP contribution is 2.43. The topological polar surface area (TPSA) is 54.9 Å². The van der Waals surface area contributed by atoms with E-state index in [-0.39, 0.29) is 30.1 Å². The van der Waals surface area contributed by atoms with E-state index in [0.717, 1.165) is 45.1 Å². The molecular formula is C21H36IN3O2. The summed E-state index contributed by atoms with van der Waals surface area (Å²) in [6.45, 7) is 5.49. The van der Waals surface area contributed by atoms with E-state index in [2.05, 4.69) is 34.7 Å². The number of guanidine groups is 1. The van der Waals surface area contributed by atoms with E-state index >= 15 is 0 Å². The Bertz CT molecular complexity index is 535. The van der Waals surface area contributed by atoms with Crippen LogP contribution in [0, 0.1) is 5.41 Å². The molecule has 1 atom stereocenters. The van der Waals surface area contributed by atoms with Crippen LogP contribution in [0.3, 0.4) is 0 Å². The maximum absolute atomic E-state index is 5.91. The normalized spacial score (nSPS) is 16.8. The summed E-state index contributed by atoms with van der Waals surface area (Å²) in [6.07, 6.45) is 6.10. The van der Waals surface area contributed by atoms with Crippen molar-refractivity contribution in [3.8, 4) is 0 Å². The van der Waals surface area contributed by atoms with Crippen molar-refractivity contribution in [3.05, 3.63) is 35.9 Å². The van der Waals surface area contributed by atoms with Crippen molar-refractivity contribution in [3.63, 3.8) is 0 Å². The fraction of sp³-hybridized carbons (Fsp3) is 0.667. The average molecular weight is 489 g/mol. The number of nitrogens with zero attached hydrogens (tertiary/aromatic N) is 1. The van der Waals surface area contributed by atoms with Gasteiger partial charge in [-0.1, -0.05) is 36.8 Å². The number of hydrogen-bond donors (Lipinski definition) is 2. The van der Waals surface area contributed by atoms with E-state index in [0.29, 0.717) is 5.41 Å². The minimum atomic E-state index is 0. The molecule has 154 valence electrons. The first-order chi connectivity index (χ1) is 12.7. The first-order valence-corrected chi connectivity index (χ1v) is 9.79. The summed E-state index contributed by atoms with van der Waals surface area (Å²) in [5.41, 5.74) is 1.61. The van der Waals surface area contributed by atoms with E-state index in [1.165, 1.54) is 24.8 Å². The summed E-state index contributed by atoms with van der Waals surface area (Å²) < 4.78 is 11.2. The molecule has 1 aromatic carbocycles. The number of ether oxygens (including phenoxy) is 2. The molecule has 1 unspecified atom stereocenters. The summed E-state index contributed by atoms with van der Waals surface area (Å²) in [5, 5.41) is 6.88. The first-order valence-electron chi connectivity index (χ1n) is 9.79. The third-order valence-electron chi connectivity index (χ3n) is 5.36. The Morgan fingerprint density at radius 1 is 1.19 bits per heavy atom. The fourth-order valence-corrected chi connectivity index (χ4v) is 3.36. The van der Waals surface area contributed by atoms with Gasteiger partial charge in [0.25, 0.3) is 0 Å². The smallest absolute Gasteiger partial charge is 0.190 e. The van der Waals surface area contributed by atoms with Crippen LogP contribution in [0.5, 0.6) is 0 Å². The Balaban J connectivity index is 0.00000364. The Labute approximate surface area is 181 Å². The first kappa shape index (κ1) is 24.2. The average Bonchev–Trinajstić information content (AvgIpc) is 2.65. The highest BCUT2D eigenvalue weighted by atomic mass is 127. The molecule has 1 aliphatic carbocycles. The molecule has 2 rings (SSSR count). The lowest BCUT2D eigenvalue weighted by atomic mass is 9.67. The van der Waals surface area contributed by atoms with Crippen LogP contribution in [0.4, 0.5) is 0 Å². The van der Waals surface area contributed by atoms with Gasteiger partial charge in [0, 0.05) is 40.5 Å². The van der Waals surface area contributed by atoms with Crippen molar-refractivity contribution < 1.29 is 9.47 Å². The maximum Gasteiger partial charge on any atom is 0.190 e. The Morgan fingerprint density at radius 2 is 1.93 bits per heavy atom. The molecule has 1 saturated carbocycles. The predicted molar refractivity (Wildman–Crippen MR) is 123 cm³/mol. The number of nitrogens with one attached hydrogen (secondary N) is 2. The van der Waals surface area contributed by atoms with Gasteiger partial charge in [-0.15, -0.1) is 24.0 Å². The molecule has 6 heteroatoms. The minimum absolute atomic E-state index is 0. The van der Waals surface area contributed by atoms with Crippen molar-refractivity contribution in [1.82, 2.24) is 10.6 Å². The molecule has 0 spiro atoms. The van der Waals surface area contributed by atoms with Gasteiger partial charge in [0.1, 0.15) is 0 Å². The van der Waals surface area contributed by atoms with Crippen molar-refractivity contribution >= 4 is 29.9 Å². The molecule has 2 N–H and O–H groups in total. The number of rotatable bonds is 11. The van der Waals surface area contributed by atoms with Gasteiger partial charge in [0.2, 0.25) is 0 Å². The zero-order valence-electron chi connectivity index (χ0n) is 17.0. The molecule has 1 fully saturated rings. The van der Waals surface area contributed by atoms with Crippen molar-refractivity contribution in [2.45, 2.75) is 45.1 Å². The molecule has 1 aromatic rings. The van der Waals surface area contributed by atoms with Crippen LogP contribution >= 0.6 is 24.0 Å². The summed E-state index contributed by atoms with van der Waals surface area (Å²) in [7, 11) is 3.60. The Kier molecular flexibility index (Phi) is 11.9. The molecule has 27 heavy (non-hydrogen) atoms. The second kappa shape index (κ2) is 13.3. The summed E-state index contributed by atoms with van der Waals surface area (Å²) >= 11 is 0. The summed E-state index contributed by atoms with van der Waals surface area (Å²) in [5.74, 6) is 0.879. The quantitative estimate of drug-likeness (QED) is 0.212. The van der Waals surface area contributed by atoms with Crippen molar-refractivity contribution in [1.29, 1.82) is 0 Å². The van der Waals surface area contributed by atoms with Crippen LogP contribution in [-0.4, -0.2) is 46.4 Å². The molecule has 0 saturated heterocycles. The second-order valence-corrected chi connectivity index (χ2v) is 7.23. The van der Waals surface area contributed by atoms with Crippen LogP contribution in [-0.2, 0) is 9.47 Å². The van der Waals surface area contributed by atoms with Gasteiger partial charge < -0.3 is 20.1 Å². The monoisotopic (exact) mass is 489 g/mol. The van der Waals surface area contributed by atoms with E-state index in [1.54, 1.807) is 7.11 Å². The standard InChI is InChI=1S/C21H35N3O2.HI/c1-18(19-9-5-4-6-10-19)26-15-8-14-23-20(22-2)24-17-21(11-7-12-21)13-16-25-3;/h4-6,9-10,18H,7-8,11-17H2,1-3H3,(H2,22,23,24);1H. The van der Waals surface area contributed by atoms with Crippen molar-refractivity contribution in [2.24, 2.45) is 10.4 Å². The number of methoxy groups -OCH3 is 1. The van der Waals surface area contributed by atoms with Crippen LogP contribution in [0.2, 0.25) is 0 Å². The maximum atomic E-state index is 5.91. The fourth-order valence-electron chi connectivity index (χ4n) is 3.36. The lowest BCUT2D eigenvalue weighted by Crippen LogP contribution is -2.47. The molecule has 1 aliphatic rings. The van der Waals surface area contributed by atoms with Crippen LogP contribution in [0.1, 0.15) is 50.7 Å². The van der Waals surface area contributed by atoms with Gasteiger partial charge in [-0.3, -0.25) is 4.99 Å². The minimum Gasteiger partial charge on any atom is -0.385 e. The molecule has 0 aliphatic heterocycles.